The highest BCUT2D eigenvalue weighted by atomic mass is 35.5. The summed E-state index contributed by atoms with van der Waals surface area (Å²) in [6, 6.07) is 4.33. The summed E-state index contributed by atoms with van der Waals surface area (Å²) < 4.78 is 0. The van der Waals surface area contributed by atoms with Crippen LogP contribution in [0.15, 0.2) is 30.9 Å². The first-order chi connectivity index (χ1) is 8.10. The van der Waals surface area contributed by atoms with Gasteiger partial charge in [-0.25, -0.2) is 0 Å². The average Bonchev–Trinajstić information content (AvgIpc) is 2.28. The second-order valence-electron chi connectivity index (χ2n) is 3.35. The zero-order valence-corrected chi connectivity index (χ0v) is 9.93. The van der Waals surface area contributed by atoms with E-state index in [9.17, 15) is 10.1 Å². The topological polar surface area (TPSA) is 66.6 Å². The number of nitro benzene ring substituents is 1. The van der Waals surface area contributed by atoms with Crippen LogP contribution in [0.2, 0.25) is 5.02 Å². The molecule has 1 rings (SSSR count). The highest BCUT2D eigenvalue weighted by Gasteiger charge is 2.18. The van der Waals surface area contributed by atoms with Crippen molar-refractivity contribution in [2.45, 2.75) is 0 Å². The smallest absolute Gasteiger partial charge is 0.292 e. The van der Waals surface area contributed by atoms with E-state index in [0.717, 1.165) is 0 Å². The Morgan fingerprint density at radius 3 is 2.82 bits per heavy atom. The fourth-order valence-electron chi connectivity index (χ4n) is 1.49. The summed E-state index contributed by atoms with van der Waals surface area (Å²) in [5.74, 6) is 0. The number of hydrogen-bond donors (Lipinski definition) is 1. The van der Waals surface area contributed by atoms with Crippen LogP contribution in [-0.4, -0.2) is 29.7 Å². The fourth-order valence-corrected chi connectivity index (χ4v) is 1.66. The minimum atomic E-state index is -0.473. The molecule has 1 N–H and O–H groups in total. The molecule has 0 spiro atoms. The lowest BCUT2D eigenvalue weighted by molar-refractivity contribution is -0.384. The molecule has 0 heterocycles. The molecule has 0 unspecified atom stereocenters. The summed E-state index contributed by atoms with van der Waals surface area (Å²) in [5.41, 5.74) is 0.348. The van der Waals surface area contributed by atoms with Gasteiger partial charge >= 0.3 is 0 Å². The Balaban J connectivity index is 3.18. The van der Waals surface area contributed by atoms with Gasteiger partial charge in [0.05, 0.1) is 11.5 Å². The van der Waals surface area contributed by atoms with Crippen LogP contribution >= 0.6 is 11.6 Å². The van der Waals surface area contributed by atoms with E-state index in [1.165, 1.54) is 18.2 Å². The van der Waals surface area contributed by atoms with Gasteiger partial charge in [0.1, 0.15) is 5.69 Å². The van der Waals surface area contributed by atoms with Gasteiger partial charge in [-0.2, -0.15) is 0 Å². The zero-order valence-electron chi connectivity index (χ0n) is 9.17. The summed E-state index contributed by atoms with van der Waals surface area (Å²) in [7, 11) is 0. The van der Waals surface area contributed by atoms with Crippen LogP contribution in [0, 0.1) is 10.1 Å². The predicted octanol–water partition coefficient (Wildman–Crippen LogP) is 2.23. The van der Waals surface area contributed by atoms with Gasteiger partial charge in [0.25, 0.3) is 5.69 Å². The number of benzene rings is 1. The summed E-state index contributed by atoms with van der Waals surface area (Å²) in [6.07, 6.45) is 1.61. The highest BCUT2D eigenvalue weighted by molar-refractivity contribution is 6.31. The monoisotopic (exact) mass is 256 g/mol. The Morgan fingerprint density at radius 2 is 2.29 bits per heavy atom. The second-order valence-corrected chi connectivity index (χ2v) is 3.78. The molecule has 0 amide bonds. The minimum Gasteiger partial charge on any atom is -0.395 e. The van der Waals surface area contributed by atoms with Crippen LogP contribution in [-0.2, 0) is 0 Å². The van der Waals surface area contributed by atoms with Gasteiger partial charge in [0, 0.05) is 24.2 Å². The van der Waals surface area contributed by atoms with Crippen molar-refractivity contribution in [3.63, 3.8) is 0 Å². The molecule has 0 bridgehead atoms. The van der Waals surface area contributed by atoms with Crippen molar-refractivity contribution < 1.29 is 10.0 Å². The SMILES string of the molecule is C=CCN(CCO)c1cc(Cl)ccc1[N+](=O)[O-]. The molecule has 6 heteroatoms. The number of aliphatic hydroxyl groups is 1. The van der Waals surface area contributed by atoms with Crippen molar-refractivity contribution in [3.8, 4) is 0 Å². The highest BCUT2D eigenvalue weighted by Crippen LogP contribution is 2.30. The molecule has 0 radical (unpaired) electrons. The summed E-state index contributed by atoms with van der Waals surface area (Å²) in [5, 5.41) is 20.3. The number of aliphatic hydroxyl groups excluding tert-OH is 1. The number of nitro groups is 1. The van der Waals surface area contributed by atoms with Gasteiger partial charge in [-0.1, -0.05) is 17.7 Å². The maximum absolute atomic E-state index is 10.9. The van der Waals surface area contributed by atoms with Crippen LogP contribution in [0.1, 0.15) is 0 Å². The Morgan fingerprint density at radius 1 is 1.59 bits per heavy atom. The number of nitrogens with zero attached hydrogens (tertiary/aromatic N) is 2. The van der Waals surface area contributed by atoms with Crippen molar-refractivity contribution in [2.24, 2.45) is 0 Å². The van der Waals surface area contributed by atoms with E-state index in [4.69, 9.17) is 16.7 Å². The lowest BCUT2D eigenvalue weighted by atomic mass is 10.2. The van der Waals surface area contributed by atoms with Gasteiger partial charge in [0.2, 0.25) is 0 Å². The fraction of sp³-hybridized carbons (Fsp3) is 0.273. The first-order valence-electron chi connectivity index (χ1n) is 5.00. The molecule has 1 aromatic carbocycles. The maximum atomic E-state index is 10.9. The minimum absolute atomic E-state index is 0.0373. The summed E-state index contributed by atoms with van der Waals surface area (Å²) in [4.78, 5) is 12.1. The molecule has 0 atom stereocenters. The second kappa shape index (κ2) is 6.22. The van der Waals surface area contributed by atoms with E-state index in [1.54, 1.807) is 11.0 Å². The molecule has 0 aliphatic carbocycles. The molecule has 92 valence electrons. The lowest BCUT2D eigenvalue weighted by Crippen LogP contribution is -2.27. The Bertz CT molecular complexity index is 423. The number of hydrogen-bond acceptors (Lipinski definition) is 4. The van der Waals surface area contributed by atoms with E-state index in [2.05, 4.69) is 6.58 Å². The molecule has 0 saturated carbocycles. The van der Waals surface area contributed by atoms with E-state index in [-0.39, 0.29) is 18.8 Å². The molecule has 0 aliphatic heterocycles. The van der Waals surface area contributed by atoms with Crippen LogP contribution in [0.3, 0.4) is 0 Å². The maximum Gasteiger partial charge on any atom is 0.292 e. The molecular weight excluding hydrogens is 244 g/mol. The quantitative estimate of drug-likeness (QED) is 0.482. The number of anilines is 1. The number of rotatable bonds is 6. The normalized spacial score (nSPS) is 10.0. The Hall–Kier alpha value is -1.59. The van der Waals surface area contributed by atoms with E-state index >= 15 is 0 Å². The summed E-state index contributed by atoms with van der Waals surface area (Å²) in [6.45, 7) is 4.17. The molecule has 0 aliphatic rings. The first kappa shape index (κ1) is 13.5. The Labute approximate surface area is 104 Å². The van der Waals surface area contributed by atoms with Crippen molar-refractivity contribution in [1.82, 2.24) is 0 Å². The van der Waals surface area contributed by atoms with E-state index < -0.39 is 4.92 Å². The number of halogens is 1. The van der Waals surface area contributed by atoms with Crippen molar-refractivity contribution in [2.75, 3.05) is 24.6 Å². The van der Waals surface area contributed by atoms with Crippen molar-refractivity contribution in [3.05, 3.63) is 46.0 Å². The first-order valence-corrected chi connectivity index (χ1v) is 5.38. The zero-order chi connectivity index (χ0) is 12.8. The molecule has 1 aromatic rings. The van der Waals surface area contributed by atoms with Gasteiger partial charge < -0.3 is 10.0 Å². The largest absolute Gasteiger partial charge is 0.395 e. The molecule has 0 saturated heterocycles. The van der Waals surface area contributed by atoms with Crippen LogP contribution < -0.4 is 4.90 Å². The molecule has 0 aromatic heterocycles. The molecule has 17 heavy (non-hydrogen) atoms. The van der Waals surface area contributed by atoms with Crippen molar-refractivity contribution >= 4 is 23.0 Å². The third kappa shape index (κ3) is 3.44. The van der Waals surface area contributed by atoms with Gasteiger partial charge in [-0.15, -0.1) is 6.58 Å². The van der Waals surface area contributed by atoms with Gasteiger partial charge in [-0.05, 0) is 12.1 Å². The van der Waals surface area contributed by atoms with Gasteiger partial charge in [-0.3, -0.25) is 10.1 Å². The van der Waals surface area contributed by atoms with E-state index in [1.807, 2.05) is 0 Å². The third-order valence-electron chi connectivity index (χ3n) is 2.19. The van der Waals surface area contributed by atoms with Crippen LogP contribution in [0.25, 0.3) is 0 Å². The lowest BCUT2D eigenvalue weighted by Gasteiger charge is -2.22. The van der Waals surface area contributed by atoms with E-state index in [0.29, 0.717) is 17.3 Å². The van der Waals surface area contributed by atoms with Crippen LogP contribution in [0.4, 0.5) is 11.4 Å². The van der Waals surface area contributed by atoms with Gasteiger partial charge in [0.15, 0.2) is 0 Å². The Kier molecular flexibility index (Phi) is 4.93. The van der Waals surface area contributed by atoms with Crippen molar-refractivity contribution in [1.29, 1.82) is 0 Å². The molecule has 5 nitrogen and oxygen atoms in total. The standard InChI is InChI=1S/C11H13ClN2O3/c1-2-5-13(6-7-15)11-8-9(12)3-4-10(11)14(16)17/h2-4,8,15H,1,5-7H2. The molecule has 0 fully saturated rings. The summed E-state index contributed by atoms with van der Waals surface area (Å²) >= 11 is 5.83. The van der Waals surface area contributed by atoms with Crippen LogP contribution in [0.5, 0.6) is 0 Å². The average molecular weight is 257 g/mol. The third-order valence-corrected chi connectivity index (χ3v) is 2.43. The predicted molar refractivity (Wildman–Crippen MR) is 67.6 cm³/mol. The molecular formula is C11H13ClN2O3.